The van der Waals surface area contributed by atoms with E-state index in [1.54, 1.807) is 0 Å². The fourth-order valence-corrected chi connectivity index (χ4v) is 4.50. The molecule has 164 valence electrons. The topological polar surface area (TPSA) is 61.9 Å². The van der Waals surface area contributed by atoms with Crippen LogP contribution in [0.1, 0.15) is 29.9 Å². The van der Waals surface area contributed by atoms with E-state index in [1.165, 1.54) is 11.1 Å². The van der Waals surface area contributed by atoms with Crippen LogP contribution in [0.25, 0.3) is 0 Å². The van der Waals surface area contributed by atoms with Gasteiger partial charge in [-0.15, -0.1) is 0 Å². The average Bonchev–Trinajstić information content (AvgIpc) is 3.10. The van der Waals surface area contributed by atoms with E-state index in [4.69, 9.17) is 4.74 Å². The molecule has 1 N–H and O–H groups in total. The van der Waals surface area contributed by atoms with Gasteiger partial charge in [-0.1, -0.05) is 60.7 Å². The molecule has 0 bridgehead atoms. The van der Waals surface area contributed by atoms with E-state index in [1.807, 2.05) is 17.0 Å². The SMILES string of the molecule is O=C1NCCN(CC(c2ccccc2)c2ccccc2)[C@@H]1CC(=O)N1CCCOCC1. The summed E-state index contributed by atoms with van der Waals surface area (Å²) in [4.78, 5) is 29.8. The van der Waals surface area contributed by atoms with Gasteiger partial charge in [0.25, 0.3) is 0 Å². The van der Waals surface area contributed by atoms with Crippen molar-refractivity contribution >= 4 is 11.8 Å². The second kappa shape index (κ2) is 10.6. The molecule has 2 amide bonds. The first-order valence-electron chi connectivity index (χ1n) is 11.2. The molecule has 2 aromatic rings. The van der Waals surface area contributed by atoms with Crippen molar-refractivity contribution in [3.8, 4) is 0 Å². The van der Waals surface area contributed by atoms with Crippen molar-refractivity contribution < 1.29 is 14.3 Å². The number of hydrogen-bond donors (Lipinski definition) is 1. The van der Waals surface area contributed by atoms with Crippen LogP contribution in [-0.2, 0) is 14.3 Å². The average molecular weight is 422 g/mol. The number of carbonyl (C=O) groups is 2. The summed E-state index contributed by atoms with van der Waals surface area (Å²) in [6.07, 6.45) is 1.05. The Morgan fingerprint density at radius 3 is 2.32 bits per heavy atom. The maximum Gasteiger partial charge on any atom is 0.237 e. The molecule has 2 aliphatic heterocycles. The summed E-state index contributed by atoms with van der Waals surface area (Å²) in [5.41, 5.74) is 2.43. The van der Waals surface area contributed by atoms with Crippen molar-refractivity contribution in [3.05, 3.63) is 71.8 Å². The van der Waals surface area contributed by atoms with Gasteiger partial charge in [-0.05, 0) is 17.5 Å². The summed E-state index contributed by atoms with van der Waals surface area (Å²) in [5, 5.41) is 2.96. The van der Waals surface area contributed by atoms with Crippen molar-refractivity contribution in [3.63, 3.8) is 0 Å². The molecule has 2 saturated heterocycles. The summed E-state index contributed by atoms with van der Waals surface area (Å²) >= 11 is 0. The summed E-state index contributed by atoms with van der Waals surface area (Å²) in [5.74, 6) is 0.122. The van der Waals surface area contributed by atoms with E-state index in [9.17, 15) is 9.59 Å². The minimum atomic E-state index is -0.444. The Kier molecular flexibility index (Phi) is 7.33. The van der Waals surface area contributed by atoms with Crippen molar-refractivity contribution in [1.82, 2.24) is 15.1 Å². The highest BCUT2D eigenvalue weighted by Gasteiger charge is 2.34. The maximum atomic E-state index is 13.0. The number of nitrogens with one attached hydrogen (secondary N) is 1. The van der Waals surface area contributed by atoms with Crippen molar-refractivity contribution in [2.45, 2.75) is 24.8 Å². The summed E-state index contributed by atoms with van der Waals surface area (Å²) in [6, 6.07) is 20.4. The number of nitrogens with zero attached hydrogens (tertiary/aromatic N) is 2. The third-order valence-corrected chi connectivity index (χ3v) is 6.21. The molecular weight excluding hydrogens is 390 g/mol. The monoisotopic (exact) mass is 421 g/mol. The molecule has 31 heavy (non-hydrogen) atoms. The largest absolute Gasteiger partial charge is 0.380 e. The highest BCUT2D eigenvalue weighted by Crippen LogP contribution is 2.27. The highest BCUT2D eigenvalue weighted by atomic mass is 16.5. The third kappa shape index (κ3) is 5.51. The lowest BCUT2D eigenvalue weighted by Crippen LogP contribution is -2.57. The smallest absolute Gasteiger partial charge is 0.237 e. The molecular formula is C25H31N3O3. The van der Waals surface area contributed by atoms with Crippen LogP contribution in [0.2, 0.25) is 0 Å². The lowest BCUT2D eigenvalue weighted by atomic mass is 9.90. The van der Waals surface area contributed by atoms with Gasteiger partial charge in [-0.25, -0.2) is 0 Å². The molecule has 1 atom stereocenters. The Morgan fingerprint density at radius 2 is 1.65 bits per heavy atom. The van der Waals surface area contributed by atoms with Gasteiger partial charge in [0.15, 0.2) is 0 Å². The van der Waals surface area contributed by atoms with Crippen molar-refractivity contribution in [2.75, 3.05) is 45.9 Å². The Bertz CT molecular complexity index is 811. The van der Waals surface area contributed by atoms with Crippen LogP contribution in [0.15, 0.2) is 60.7 Å². The molecule has 2 aromatic carbocycles. The fourth-order valence-electron chi connectivity index (χ4n) is 4.50. The lowest BCUT2D eigenvalue weighted by Gasteiger charge is -2.38. The Balaban J connectivity index is 1.53. The standard InChI is InChI=1S/C25H31N3O3/c29-24(27-13-7-16-31-17-15-27)18-23-25(30)26-12-14-28(23)19-22(20-8-3-1-4-9-20)21-10-5-2-6-11-21/h1-6,8-11,22-23H,7,12-19H2,(H,26,30)/t23-/m1/s1. The lowest BCUT2D eigenvalue weighted by molar-refractivity contribution is -0.139. The quantitative estimate of drug-likeness (QED) is 0.777. The van der Waals surface area contributed by atoms with E-state index in [0.717, 1.165) is 13.0 Å². The van der Waals surface area contributed by atoms with Crippen LogP contribution in [-0.4, -0.2) is 73.6 Å². The number of piperazine rings is 1. The van der Waals surface area contributed by atoms with E-state index in [-0.39, 0.29) is 24.2 Å². The number of hydrogen-bond acceptors (Lipinski definition) is 4. The molecule has 6 nitrogen and oxygen atoms in total. The summed E-state index contributed by atoms with van der Waals surface area (Å²) in [6.45, 7) is 4.60. The van der Waals surface area contributed by atoms with Crippen LogP contribution < -0.4 is 5.32 Å². The van der Waals surface area contributed by atoms with Gasteiger partial charge in [0.05, 0.1) is 19.1 Å². The molecule has 0 saturated carbocycles. The maximum absolute atomic E-state index is 13.0. The summed E-state index contributed by atoms with van der Waals surface area (Å²) in [7, 11) is 0. The van der Waals surface area contributed by atoms with Gasteiger partial charge in [-0.2, -0.15) is 0 Å². The second-order valence-electron chi connectivity index (χ2n) is 8.23. The minimum absolute atomic E-state index is 0.0357. The summed E-state index contributed by atoms with van der Waals surface area (Å²) < 4.78 is 5.47. The van der Waals surface area contributed by atoms with Crippen molar-refractivity contribution in [2.24, 2.45) is 0 Å². The zero-order chi connectivity index (χ0) is 21.5. The zero-order valence-corrected chi connectivity index (χ0v) is 17.9. The molecule has 0 aromatic heterocycles. The van der Waals surface area contributed by atoms with Crippen LogP contribution in [0.3, 0.4) is 0 Å². The van der Waals surface area contributed by atoms with E-state index in [2.05, 4.69) is 58.7 Å². The molecule has 2 aliphatic rings. The Labute approximate surface area is 184 Å². The molecule has 4 rings (SSSR count). The highest BCUT2D eigenvalue weighted by molar-refractivity contribution is 5.88. The van der Waals surface area contributed by atoms with E-state index in [0.29, 0.717) is 39.4 Å². The van der Waals surface area contributed by atoms with Gasteiger partial charge in [0.2, 0.25) is 11.8 Å². The van der Waals surface area contributed by atoms with Gasteiger partial charge < -0.3 is 15.0 Å². The van der Waals surface area contributed by atoms with Crippen LogP contribution >= 0.6 is 0 Å². The third-order valence-electron chi connectivity index (χ3n) is 6.21. The number of benzene rings is 2. The Hall–Kier alpha value is -2.70. The first-order chi connectivity index (χ1) is 15.2. The molecule has 0 radical (unpaired) electrons. The fraction of sp³-hybridized carbons (Fsp3) is 0.440. The van der Waals surface area contributed by atoms with Gasteiger partial charge >= 0.3 is 0 Å². The van der Waals surface area contributed by atoms with Crippen molar-refractivity contribution in [1.29, 1.82) is 0 Å². The van der Waals surface area contributed by atoms with Gasteiger partial charge in [-0.3, -0.25) is 14.5 Å². The number of rotatable bonds is 6. The number of amides is 2. The number of ether oxygens (including phenoxy) is 1. The predicted octanol–water partition coefficient (Wildman–Crippen LogP) is 2.26. The molecule has 0 aliphatic carbocycles. The van der Waals surface area contributed by atoms with Gasteiger partial charge in [0, 0.05) is 45.2 Å². The first-order valence-corrected chi connectivity index (χ1v) is 11.2. The Morgan fingerprint density at radius 1 is 0.968 bits per heavy atom. The number of carbonyl (C=O) groups excluding carboxylic acids is 2. The van der Waals surface area contributed by atoms with Gasteiger partial charge in [0.1, 0.15) is 0 Å². The van der Waals surface area contributed by atoms with Crippen LogP contribution in [0, 0.1) is 0 Å². The van der Waals surface area contributed by atoms with Crippen LogP contribution in [0.5, 0.6) is 0 Å². The first kappa shape index (κ1) is 21.5. The molecule has 0 spiro atoms. The second-order valence-corrected chi connectivity index (χ2v) is 8.23. The normalized spacial score (nSPS) is 20.4. The molecule has 2 fully saturated rings. The molecule has 2 heterocycles. The van der Waals surface area contributed by atoms with Crippen LogP contribution in [0.4, 0.5) is 0 Å². The van der Waals surface area contributed by atoms with E-state index < -0.39 is 6.04 Å². The molecule has 6 heteroatoms. The zero-order valence-electron chi connectivity index (χ0n) is 17.9. The minimum Gasteiger partial charge on any atom is -0.380 e. The molecule has 0 unspecified atom stereocenters. The van der Waals surface area contributed by atoms with E-state index >= 15 is 0 Å². The predicted molar refractivity (Wildman–Crippen MR) is 120 cm³/mol.